The Bertz CT molecular complexity index is 1700. The summed E-state index contributed by atoms with van der Waals surface area (Å²) >= 11 is 5.41. The molecule has 0 radical (unpaired) electrons. The molecule has 2 N–H and O–H groups in total. The average Bonchev–Trinajstić information content (AvgIpc) is 3.34. The number of aryl methyl sites for hydroxylation is 2. The number of halogens is 3. The third-order valence-corrected chi connectivity index (χ3v) is 6.32. The van der Waals surface area contributed by atoms with E-state index in [2.05, 4.69) is 43.9 Å². The Morgan fingerprint density at radius 3 is 2.62 bits per heavy atom. The fourth-order valence-electron chi connectivity index (χ4n) is 4.30. The van der Waals surface area contributed by atoms with Gasteiger partial charge in [-0.1, -0.05) is 48.5 Å². The van der Waals surface area contributed by atoms with Gasteiger partial charge in [0.15, 0.2) is 5.11 Å². The Kier molecular flexibility index (Phi) is 7.16. The maximum atomic E-state index is 12.5. The van der Waals surface area contributed by atoms with Crippen LogP contribution in [0.2, 0.25) is 0 Å². The topological polar surface area (TPSA) is 76.4 Å². The maximum Gasteiger partial charge on any atom is 0.573 e. The molecular weight excluding hydrogens is 525 g/mol. The molecule has 0 fully saturated rings. The van der Waals surface area contributed by atoms with Crippen molar-refractivity contribution in [3.63, 3.8) is 0 Å². The zero-order chi connectivity index (χ0) is 27.6. The highest BCUT2D eigenvalue weighted by Gasteiger charge is 2.31. The van der Waals surface area contributed by atoms with E-state index in [1.165, 1.54) is 29.8 Å². The minimum Gasteiger partial charge on any atom is -0.406 e. The number of fused-ring (bicyclic) bond motifs is 3. The highest BCUT2D eigenvalue weighted by Crippen LogP contribution is 2.28. The zero-order valence-electron chi connectivity index (χ0n) is 21.0. The highest BCUT2D eigenvalue weighted by atomic mass is 32.1. The van der Waals surface area contributed by atoms with Gasteiger partial charge < -0.3 is 10.1 Å². The smallest absolute Gasteiger partial charge is 0.406 e. The van der Waals surface area contributed by atoms with Crippen LogP contribution in [0.25, 0.3) is 27.5 Å². The van der Waals surface area contributed by atoms with Crippen LogP contribution in [0, 0.1) is 6.92 Å². The molecule has 1 aromatic heterocycles. The van der Waals surface area contributed by atoms with Gasteiger partial charge in [-0.2, -0.15) is 5.10 Å². The fraction of sp³-hybridized carbons (Fsp3) is 0.143. The molecule has 0 amide bonds. The molecule has 0 aliphatic rings. The molecule has 4 aromatic carbocycles. The van der Waals surface area contributed by atoms with Crippen molar-refractivity contribution in [2.24, 2.45) is 5.10 Å². The minimum atomic E-state index is -4.75. The van der Waals surface area contributed by atoms with Crippen molar-refractivity contribution in [3.05, 3.63) is 89.5 Å². The lowest BCUT2D eigenvalue weighted by atomic mass is 10.1. The molecule has 0 atom stereocenters. The van der Waals surface area contributed by atoms with Gasteiger partial charge in [-0.3, -0.25) is 5.43 Å². The SMILES string of the molecule is CCc1cccc(C)c1NC(=S)N/N=C/c1ccc2c(ccc3c2nnn3-c2ccc(OC(F)(F)F)cc2)c1. The number of anilines is 1. The van der Waals surface area contributed by atoms with E-state index in [0.717, 1.165) is 34.0 Å². The second-order valence-corrected chi connectivity index (χ2v) is 9.15. The molecule has 0 aliphatic carbocycles. The lowest BCUT2D eigenvalue weighted by molar-refractivity contribution is -0.274. The number of nitrogens with one attached hydrogen (secondary N) is 2. The summed E-state index contributed by atoms with van der Waals surface area (Å²) in [7, 11) is 0. The van der Waals surface area contributed by atoms with E-state index in [4.69, 9.17) is 12.2 Å². The van der Waals surface area contributed by atoms with Crippen LogP contribution in [0.4, 0.5) is 18.9 Å². The van der Waals surface area contributed by atoms with Crippen molar-refractivity contribution in [1.29, 1.82) is 0 Å². The monoisotopic (exact) mass is 548 g/mol. The summed E-state index contributed by atoms with van der Waals surface area (Å²) in [4.78, 5) is 0. The number of alkyl halides is 3. The molecule has 1 heterocycles. The summed E-state index contributed by atoms with van der Waals surface area (Å²) in [5.74, 6) is -0.303. The predicted molar refractivity (Wildman–Crippen MR) is 151 cm³/mol. The first-order valence-corrected chi connectivity index (χ1v) is 12.5. The standard InChI is InChI=1S/C28H23F3N6OS/c1-3-19-6-4-5-17(2)25(19)33-27(39)35-32-16-18-7-13-23-20(15-18)8-14-24-26(23)34-36-37(24)21-9-11-22(12-10-21)38-28(29,30)31/h4-16H,3H2,1-2H3,(H2,33,35,39)/b32-16+. The van der Waals surface area contributed by atoms with Gasteiger partial charge in [0.05, 0.1) is 17.4 Å². The number of para-hydroxylation sites is 1. The van der Waals surface area contributed by atoms with Crippen molar-refractivity contribution in [1.82, 2.24) is 20.4 Å². The Balaban J connectivity index is 1.32. The van der Waals surface area contributed by atoms with Crippen LogP contribution >= 0.6 is 12.2 Å². The van der Waals surface area contributed by atoms with Crippen LogP contribution in [0.5, 0.6) is 5.75 Å². The molecule has 0 unspecified atom stereocenters. The molecule has 0 saturated heterocycles. The average molecular weight is 549 g/mol. The number of benzene rings is 4. The van der Waals surface area contributed by atoms with E-state index in [1.807, 2.05) is 49.4 Å². The van der Waals surface area contributed by atoms with Gasteiger partial charge in [0.1, 0.15) is 11.3 Å². The van der Waals surface area contributed by atoms with Crippen LogP contribution in [-0.2, 0) is 6.42 Å². The number of hydrazone groups is 1. The molecule has 39 heavy (non-hydrogen) atoms. The largest absolute Gasteiger partial charge is 0.573 e. The van der Waals surface area contributed by atoms with Crippen molar-refractivity contribution in [2.45, 2.75) is 26.6 Å². The molecule has 0 aliphatic heterocycles. The Morgan fingerprint density at radius 1 is 1.08 bits per heavy atom. The first kappa shape index (κ1) is 26.1. The lowest BCUT2D eigenvalue weighted by Crippen LogP contribution is -2.25. The second-order valence-electron chi connectivity index (χ2n) is 8.74. The minimum absolute atomic E-state index is 0.303. The number of rotatable bonds is 6. The van der Waals surface area contributed by atoms with Crippen molar-refractivity contribution in [2.75, 3.05) is 5.32 Å². The van der Waals surface area contributed by atoms with Crippen molar-refractivity contribution < 1.29 is 17.9 Å². The first-order chi connectivity index (χ1) is 18.7. The van der Waals surface area contributed by atoms with E-state index < -0.39 is 6.36 Å². The molecule has 11 heteroatoms. The summed E-state index contributed by atoms with van der Waals surface area (Å²) in [5.41, 5.74) is 8.93. The molecule has 5 aromatic rings. The predicted octanol–water partition coefficient (Wildman–Crippen LogP) is 6.66. The molecule has 0 bridgehead atoms. The van der Waals surface area contributed by atoms with E-state index in [0.29, 0.717) is 21.8 Å². The van der Waals surface area contributed by atoms with Crippen LogP contribution < -0.4 is 15.5 Å². The molecule has 7 nitrogen and oxygen atoms in total. The third-order valence-electron chi connectivity index (χ3n) is 6.13. The van der Waals surface area contributed by atoms with Gasteiger partial charge in [0.2, 0.25) is 0 Å². The van der Waals surface area contributed by atoms with Crippen LogP contribution in [-0.4, -0.2) is 32.7 Å². The Hall–Kier alpha value is -4.51. The molecule has 0 spiro atoms. The van der Waals surface area contributed by atoms with Crippen molar-refractivity contribution >= 4 is 51.0 Å². The maximum absolute atomic E-state index is 12.5. The lowest BCUT2D eigenvalue weighted by Gasteiger charge is -2.14. The molecule has 198 valence electrons. The quantitative estimate of drug-likeness (QED) is 0.140. The number of thiocarbonyl (C=S) groups is 1. The van der Waals surface area contributed by atoms with Gasteiger partial charge in [-0.25, -0.2) is 4.68 Å². The third kappa shape index (κ3) is 5.83. The summed E-state index contributed by atoms with van der Waals surface area (Å²) in [6.45, 7) is 4.12. The normalized spacial score (nSPS) is 11.8. The van der Waals surface area contributed by atoms with Crippen LogP contribution in [0.1, 0.15) is 23.6 Å². The zero-order valence-corrected chi connectivity index (χ0v) is 21.8. The number of hydrogen-bond acceptors (Lipinski definition) is 5. The van der Waals surface area contributed by atoms with Gasteiger partial charge in [0, 0.05) is 11.1 Å². The number of hydrogen-bond donors (Lipinski definition) is 2. The first-order valence-electron chi connectivity index (χ1n) is 12.0. The van der Waals surface area contributed by atoms with Gasteiger partial charge in [0.25, 0.3) is 0 Å². The molecular formula is C28H23F3N6OS. The van der Waals surface area contributed by atoms with E-state index in [-0.39, 0.29) is 5.75 Å². The van der Waals surface area contributed by atoms with E-state index in [9.17, 15) is 13.2 Å². The summed E-state index contributed by atoms with van der Waals surface area (Å²) in [6.07, 6.45) is -2.18. The van der Waals surface area contributed by atoms with Crippen LogP contribution in [0.15, 0.2) is 77.9 Å². The number of aromatic nitrogens is 3. The number of nitrogens with zero attached hydrogens (tertiary/aromatic N) is 4. The van der Waals surface area contributed by atoms with E-state index in [1.54, 1.807) is 10.9 Å². The second kappa shape index (κ2) is 10.7. The number of ether oxygens (including phenoxy) is 1. The van der Waals surface area contributed by atoms with Gasteiger partial charge >= 0.3 is 6.36 Å². The van der Waals surface area contributed by atoms with Gasteiger partial charge in [-0.05, 0) is 84.0 Å². The fourth-order valence-corrected chi connectivity index (χ4v) is 4.46. The van der Waals surface area contributed by atoms with E-state index >= 15 is 0 Å². The summed E-state index contributed by atoms with van der Waals surface area (Å²) in [5, 5.41) is 18.2. The molecule has 0 saturated carbocycles. The molecule has 5 rings (SSSR count). The van der Waals surface area contributed by atoms with Gasteiger partial charge in [-0.15, -0.1) is 18.3 Å². The van der Waals surface area contributed by atoms with Crippen molar-refractivity contribution in [3.8, 4) is 11.4 Å². The highest BCUT2D eigenvalue weighted by molar-refractivity contribution is 7.80. The summed E-state index contributed by atoms with van der Waals surface area (Å²) in [6, 6.07) is 21.2. The Morgan fingerprint density at radius 2 is 1.87 bits per heavy atom. The van der Waals surface area contributed by atoms with Crippen LogP contribution in [0.3, 0.4) is 0 Å². The Labute approximate surface area is 227 Å². The summed E-state index contributed by atoms with van der Waals surface area (Å²) < 4.78 is 42.9.